The van der Waals surface area contributed by atoms with E-state index in [1.54, 1.807) is 30.3 Å². The molecule has 1 heterocycles. The van der Waals surface area contributed by atoms with Gasteiger partial charge in [0.1, 0.15) is 17.3 Å². The van der Waals surface area contributed by atoms with E-state index < -0.39 is 39.9 Å². The van der Waals surface area contributed by atoms with Gasteiger partial charge in [-0.25, -0.2) is 9.59 Å². The molecule has 0 fully saturated rings. The second-order valence-corrected chi connectivity index (χ2v) is 6.80. The molecule has 2 aromatic carbocycles. The molecule has 0 spiro atoms. The van der Waals surface area contributed by atoms with Crippen LogP contribution in [0.4, 0.5) is 11.4 Å². The van der Waals surface area contributed by atoms with Gasteiger partial charge in [0, 0.05) is 12.1 Å². The molecule has 11 nitrogen and oxygen atoms in total. The number of methoxy groups -OCH3 is 2. The van der Waals surface area contributed by atoms with Gasteiger partial charge in [0.2, 0.25) is 0 Å². The fourth-order valence-electron chi connectivity index (χ4n) is 3.60. The first kappa shape index (κ1) is 22.8. The van der Waals surface area contributed by atoms with Crippen molar-refractivity contribution in [1.29, 1.82) is 5.26 Å². The predicted octanol–water partition coefficient (Wildman–Crippen LogP) is 2.20. The number of carbonyl (C=O) groups is 2. The summed E-state index contributed by atoms with van der Waals surface area (Å²) in [6.45, 7) is 0. The van der Waals surface area contributed by atoms with Crippen LogP contribution in [-0.2, 0) is 19.1 Å². The maximum atomic E-state index is 12.9. The topological polar surface area (TPSA) is 169 Å². The van der Waals surface area contributed by atoms with Crippen molar-refractivity contribution in [3.05, 3.63) is 86.9 Å². The number of phenols is 1. The maximum absolute atomic E-state index is 12.9. The molecule has 1 aliphatic heterocycles. The maximum Gasteiger partial charge on any atom is 0.355 e. The summed E-state index contributed by atoms with van der Waals surface area (Å²) in [6, 6.07) is 13.4. The van der Waals surface area contributed by atoms with E-state index in [2.05, 4.69) is 0 Å². The monoisotopic (exact) mass is 450 g/mol. The average molecular weight is 450 g/mol. The number of aromatic hydroxyl groups is 1. The number of nitrogens with two attached hydrogens (primary N) is 1. The lowest BCUT2D eigenvalue weighted by atomic mass is 9.81. The summed E-state index contributed by atoms with van der Waals surface area (Å²) in [5, 5.41) is 31.3. The van der Waals surface area contributed by atoms with Gasteiger partial charge in [-0.05, 0) is 5.56 Å². The first-order chi connectivity index (χ1) is 15.7. The van der Waals surface area contributed by atoms with Crippen LogP contribution in [-0.4, -0.2) is 36.2 Å². The number of hydrogen-bond donors (Lipinski definition) is 2. The third kappa shape index (κ3) is 4.05. The van der Waals surface area contributed by atoms with Crippen LogP contribution in [0.5, 0.6) is 5.75 Å². The predicted molar refractivity (Wildman–Crippen MR) is 114 cm³/mol. The van der Waals surface area contributed by atoms with Crippen LogP contribution in [0, 0.1) is 21.4 Å². The quantitative estimate of drug-likeness (QED) is 0.391. The molecular formula is C22H18N4O7. The molecule has 0 radical (unpaired) electrons. The summed E-state index contributed by atoms with van der Waals surface area (Å²) in [6.07, 6.45) is 0. The Morgan fingerprint density at radius 2 is 1.79 bits per heavy atom. The minimum atomic E-state index is -1.08. The molecule has 33 heavy (non-hydrogen) atoms. The number of benzene rings is 2. The van der Waals surface area contributed by atoms with Crippen molar-refractivity contribution in [1.82, 2.24) is 0 Å². The van der Waals surface area contributed by atoms with Gasteiger partial charge in [0.05, 0.1) is 54.0 Å². The van der Waals surface area contributed by atoms with Crippen LogP contribution in [0.2, 0.25) is 0 Å². The van der Waals surface area contributed by atoms with Gasteiger partial charge in [0.25, 0.3) is 5.69 Å². The SMILES string of the molecule is COC(=O)C1=C(C(=O)OC)N(c2cc(O)cc([N+](=O)[O-])c2)C(N)=C(C#N)C1c1ccccc1. The second-order valence-electron chi connectivity index (χ2n) is 6.80. The van der Waals surface area contributed by atoms with Crippen LogP contribution in [0.25, 0.3) is 0 Å². The molecule has 1 aliphatic rings. The highest BCUT2D eigenvalue weighted by Crippen LogP contribution is 2.44. The second kappa shape index (κ2) is 9.11. The van der Waals surface area contributed by atoms with E-state index in [0.29, 0.717) is 5.56 Å². The highest BCUT2D eigenvalue weighted by Gasteiger charge is 2.43. The van der Waals surface area contributed by atoms with Crippen molar-refractivity contribution in [2.45, 2.75) is 5.92 Å². The molecule has 168 valence electrons. The summed E-state index contributed by atoms with van der Waals surface area (Å²) in [5.74, 6) is -3.81. The number of nitriles is 1. The van der Waals surface area contributed by atoms with Gasteiger partial charge >= 0.3 is 11.9 Å². The number of nitrogens with zero attached hydrogens (tertiary/aromatic N) is 3. The van der Waals surface area contributed by atoms with Gasteiger partial charge < -0.3 is 20.3 Å². The summed E-state index contributed by atoms with van der Waals surface area (Å²) >= 11 is 0. The Morgan fingerprint density at radius 1 is 1.15 bits per heavy atom. The van der Waals surface area contributed by atoms with Gasteiger partial charge in [-0.2, -0.15) is 5.26 Å². The Balaban J connectivity index is 2.44. The Kier molecular flexibility index (Phi) is 6.30. The van der Waals surface area contributed by atoms with E-state index in [9.17, 15) is 30.1 Å². The first-order valence-corrected chi connectivity index (χ1v) is 9.39. The lowest BCUT2D eigenvalue weighted by molar-refractivity contribution is -0.384. The number of esters is 2. The fraction of sp³-hybridized carbons (Fsp3) is 0.136. The number of hydrogen-bond acceptors (Lipinski definition) is 10. The number of carbonyl (C=O) groups excluding carboxylic acids is 2. The van der Waals surface area contributed by atoms with Crippen LogP contribution in [0.15, 0.2) is 71.2 Å². The van der Waals surface area contributed by atoms with Gasteiger partial charge in [0.15, 0.2) is 0 Å². The zero-order valence-electron chi connectivity index (χ0n) is 17.5. The molecule has 0 amide bonds. The zero-order valence-corrected chi connectivity index (χ0v) is 17.5. The molecule has 0 saturated heterocycles. The van der Waals surface area contributed by atoms with Crippen molar-refractivity contribution in [2.75, 3.05) is 19.1 Å². The van der Waals surface area contributed by atoms with Crippen molar-refractivity contribution in [3.63, 3.8) is 0 Å². The largest absolute Gasteiger partial charge is 0.508 e. The fourth-order valence-corrected chi connectivity index (χ4v) is 3.60. The molecule has 1 atom stereocenters. The van der Waals surface area contributed by atoms with Crippen LogP contribution in [0.1, 0.15) is 11.5 Å². The Morgan fingerprint density at radius 3 is 2.33 bits per heavy atom. The molecule has 1 unspecified atom stereocenters. The minimum Gasteiger partial charge on any atom is -0.508 e. The highest BCUT2D eigenvalue weighted by atomic mass is 16.6. The lowest BCUT2D eigenvalue weighted by Gasteiger charge is -2.35. The number of nitro groups is 1. The van der Waals surface area contributed by atoms with E-state index in [-0.39, 0.29) is 22.7 Å². The number of anilines is 1. The smallest absolute Gasteiger partial charge is 0.355 e. The summed E-state index contributed by atoms with van der Waals surface area (Å²) in [7, 11) is 2.17. The van der Waals surface area contributed by atoms with Crippen molar-refractivity contribution < 1.29 is 29.1 Å². The van der Waals surface area contributed by atoms with Crippen LogP contribution < -0.4 is 10.6 Å². The van der Waals surface area contributed by atoms with Crippen molar-refractivity contribution >= 4 is 23.3 Å². The number of non-ortho nitro benzene ring substituents is 1. The number of ether oxygens (including phenoxy) is 2. The molecule has 0 aromatic heterocycles. The van der Waals surface area contributed by atoms with E-state index in [0.717, 1.165) is 37.3 Å². The van der Waals surface area contributed by atoms with Crippen molar-refractivity contribution in [3.8, 4) is 11.8 Å². The number of allylic oxidation sites excluding steroid dienone is 1. The Hall–Kier alpha value is -4.85. The van der Waals surface area contributed by atoms with E-state index >= 15 is 0 Å². The van der Waals surface area contributed by atoms with Gasteiger partial charge in [-0.3, -0.25) is 15.0 Å². The van der Waals surface area contributed by atoms with Crippen LogP contribution >= 0.6 is 0 Å². The highest BCUT2D eigenvalue weighted by molar-refractivity contribution is 6.06. The lowest BCUT2D eigenvalue weighted by Crippen LogP contribution is -2.40. The Bertz CT molecular complexity index is 1250. The summed E-state index contributed by atoms with van der Waals surface area (Å²) < 4.78 is 9.77. The molecule has 3 rings (SSSR count). The average Bonchev–Trinajstić information content (AvgIpc) is 2.82. The summed E-state index contributed by atoms with van der Waals surface area (Å²) in [5.41, 5.74) is 5.34. The molecule has 0 bridgehead atoms. The third-order valence-electron chi connectivity index (χ3n) is 4.97. The Labute approximate surface area is 187 Å². The molecule has 2 aromatic rings. The van der Waals surface area contributed by atoms with Crippen LogP contribution in [0.3, 0.4) is 0 Å². The molecule has 0 aliphatic carbocycles. The third-order valence-corrected chi connectivity index (χ3v) is 4.97. The molecule has 11 heteroatoms. The normalized spacial score (nSPS) is 15.7. The number of nitro benzene ring substituents is 1. The first-order valence-electron chi connectivity index (χ1n) is 9.39. The van der Waals surface area contributed by atoms with E-state index in [1.807, 2.05) is 6.07 Å². The van der Waals surface area contributed by atoms with Gasteiger partial charge in [-0.15, -0.1) is 0 Å². The minimum absolute atomic E-state index is 0.111. The van der Waals surface area contributed by atoms with Gasteiger partial charge in [-0.1, -0.05) is 30.3 Å². The molecule has 0 saturated carbocycles. The molecule has 3 N–H and O–H groups in total. The van der Waals surface area contributed by atoms with E-state index in [4.69, 9.17) is 15.2 Å². The zero-order chi connectivity index (χ0) is 24.3. The number of rotatable bonds is 5. The number of phenolic OH excluding ortho intramolecular Hbond substituents is 1. The molecular weight excluding hydrogens is 432 g/mol. The summed E-state index contributed by atoms with van der Waals surface area (Å²) in [4.78, 5) is 37.4. The van der Waals surface area contributed by atoms with Crippen molar-refractivity contribution in [2.24, 2.45) is 5.73 Å². The van der Waals surface area contributed by atoms with E-state index in [1.165, 1.54) is 0 Å². The standard InChI is InChI=1S/C22H18N4O7/c1-32-21(28)18-17(12-6-4-3-5-7-12)16(11-23)20(24)25(19(18)22(29)33-2)13-8-14(26(30)31)10-15(27)9-13/h3-10,17,27H,24H2,1-2H3.